The average molecular weight is 244 g/mol. The van der Waals surface area contributed by atoms with E-state index in [4.69, 9.17) is 4.74 Å². The first-order valence-electron chi connectivity index (χ1n) is 6.43. The first kappa shape index (κ1) is 16.4. The zero-order chi connectivity index (χ0) is 13.3. The highest BCUT2D eigenvalue weighted by molar-refractivity contribution is 5.47. The third-order valence-electron chi connectivity index (χ3n) is 2.73. The lowest BCUT2D eigenvalue weighted by molar-refractivity contribution is -0.119. The van der Waals surface area contributed by atoms with Crippen molar-refractivity contribution in [1.29, 1.82) is 0 Å². The van der Waals surface area contributed by atoms with Gasteiger partial charge < -0.3 is 9.64 Å². The van der Waals surface area contributed by atoms with Crippen molar-refractivity contribution in [3.8, 4) is 0 Å². The number of nitrogens with zero attached hydrogens (tertiary/aromatic N) is 2. The van der Waals surface area contributed by atoms with Crippen LogP contribution in [0.1, 0.15) is 27.7 Å². The van der Waals surface area contributed by atoms with Crippen molar-refractivity contribution < 1.29 is 9.53 Å². The van der Waals surface area contributed by atoms with Crippen LogP contribution < -0.4 is 0 Å². The van der Waals surface area contributed by atoms with Gasteiger partial charge in [0.2, 0.25) is 6.41 Å². The molecule has 0 atom stereocenters. The van der Waals surface area contributed by atoms with E-state index in [1.54, 1.807) is 7.11 Å². The number of ether oxygens (including phenoxy) is 1. The lowest BCUT2D eigenvalue weighted by Gasteiger charge is -2.34. The standard InChI is InChI=1S/C8H16N2O.C5H12O/c1-8(2)10-5-3-9(7-11)4-6-10;1-5(2)4-6-3/h7-8H,3-6H2,1-2H3;5H,4H2,1-3H3. The minimum atomic E-state index is 0.615. The second-order valence-corrected chi connectivity index (χ2v) is 5.12. The molecule has 4 heteroatoms. The van der Waals surface area contributed by atoms with Gasteiger partial charge in [-0.2, -0.15) is 0 Å². The Morgan fingerprint density at radius 2 is 1.65 bits per heavy atom. The molecule has 0 aromatic heterocycles. The van der Waals surface area contributed by atoms with Gasteiger partial charge in [0, 0.05) is 45.9 Å². The molecular weight excluding hydrogens is 216 g/mol. The SMILES string of the molecule is CC(C)N1CCN(C=O)CC1.COCC(C)C. The summed E-state index contributed by atoms with van der Waals surface area (Å²) in [6.45, 7) is 13.3. The molecule has 1 aliphatic heterocycles. The molecule has 0 aliphatic carbocycles. The van der Waals surface area contributed by atoms with Crippen LogP contribution >= 0.6 is 0 Å². The molecule has 0 N–H and O–H groups in total. The molecule has 17 heavy (non-hydrogen) atoms. The van der Waals surface area contributed by atoms with Gasteiger partial charge in [-0.1, -0.05) is 13.8 Å². The summed E-state index contributed by atoms with van der Waals surface area (Å²) in [4.78, 5) is 14.6. The molecule has 4 nitrogen and oxygen atoms in total. The van der Waals surface area contributed by atoms with Gasteiger partial charge in [-0.05, 0) is 19.8 Å². The van der Waals surface area contributed by atoms with Gasteiger partial charge in [0.25, 0.3) is 0 Å². The smallest absolute Gasteiger partial charge is 0.209 e. The van der Waals surface area contributed by atoms with Crippen molar-refractivity contribution in [2.75, 3.05) is 39.9 Å². The number of hydrogen-bond donors (Lipinski definition) is 0. The summed E-state index contributed by atoms with van der Waals surface area (Å²) >= 11 is 0. The van der Waals surface area contributed by atoms with Crippen LogP contribution in [-0.2, 0) is 9.53 Å². The number of rotatable bonds is 4. The number of piperazine rings is 1. The maximum Gasteiger partial charge on any atom is 0.209 e. The van der Waals surface area contributed by atoms with Crippen LogP contribution in [0.3, 0.4) is 0 Å². The second-order valence-electron chi connectivity index (χ2n) is 5.12. The van der Waals surface area contributed by atoms with E-state index in [0.717, 1.165) is 39.2 Å². The van der Waals surface area contributed by atoms with E-state index in [1.807, 2.05) is 4.90 Å². The quantitative estimate of drug-likeness (QED) is 0.702. The van der Waals surface area contributed by atoms with E-state index in [2.05, 4.69) is 32.6 Å². The maximum absolute atomic E-state index is 10.3. The summed E-state index contributed by atoms with van der Waals surface area (Å²) in [5.74, 6) is 0.676. The number of carbonyl (C=O) groups is 1. The summed E-state index contributed by atoms with van der Waals surface area (Å²) in [5, 5.41) is 0. The Morgan fingerprint density at radius 3 is 1.88 bits per heavy atom. The summed E-state index contributed by atoms with van der Waals surface area (Å²) in [6, 6.07) is 0.615. The molecule has 0 saturated carbocycles. The van der Waals surface area contributed by atoms with Gasteiger partial charge in [0.1, 0.15) is 0 Å². The molecule has 0 unspecified atom stereocenters. The van der Waals surface area contributed by atoms with E-state index in [0.29, 0.717) is 12.0 Å². The van der Waals surface area contributed by atoms with Crippen molar-refractivity contribution in [2.45, 2.75) is 33.7 Å². The van der Waals surface area contributed by atoms with E-state index in [-0.39, 0.29) is 0 Å². The van der Waals surface area contributed by atoms with Gasteiger partial charge in [0.15, 0.2) is 0 Å². The highest BCUT2D eigenvalue weighted by Crippen LogP contribution is 2.03. The van der Waals surface area contributed by atoms with Gasteiger partial charge in [-0.15, -0.1) is 0 Å². The summed E-state index contributed by atoms with van der Waals surface area (Å²) in [5.41, 5.74) is 0. The summed E-state index contributed by atoms with van der Waals surface area (Å²) in [7, 11) is 1.72. The monoisotopic (exact) mass is 244 g/mol. The van der Waals surface area contributed by atoms with Crippen molar-refractivity contribution in [1.82, 2.24) is 9.80 Å². The fraction of sp³-hybridized carbons (Fsp3) is 0.923. The normalized spacial score (nSPS) is 17.0. The third kappa shape index (κ3) is 8.16. The molecule has 0 aromatic carbocycles. The van der Waals surface area contributed by atoms with Gasteiger partial charge in [-0.25, -0.2) is 0 Å². The maximum atomic E-state index is 10.3. The van der Waals surface area contributed by atoms with Crippen LogP contribution in [-0.4, -0.2) is 62.1 Å². The van der Waals surface area contributed by atoms with E-state index < -0.39 is 0 Å². The highest BCUT2D eigenvalue weighted by atomic mass is 16.5. The first-order chi connectivity index (χ1) is 8.01. The Kier molecular flexibility index (Phi) is 9.09. The zero-order valence-corrected chi connectivity index (χ0v) is 12.0. The highest BCUT2D eigenvalue weighted by Gasteiger charge is 2.16. The van der Waals surface area contributed by atoms with Crippen molar-refractivity contribution in [3.63, 3.8) is 0 Å². The number of hydrogen-bond acceptors (Lipinski definition) is 3. The number of amides is 1. The lowest BCUT2D eigenvalue weighted by Crippen LogP contribution is -2.48. The molecule has 1 fully saturated rings. The van der Waals surface area contributed by atoms with E-state index in [9.17, 15) is 4.79 Å². The fourth-order valence-corrected chi connectivity index (χ4v) is 1.69. The van der Waals surface area contributed by atoms with Crippen LogP contribution in [0.25, 0.3) is 0 Å². The molecular formula is C13H28N2O2. The first-order valence-corrected chi connectivity index (χ1v) is 6.43. The minimum absolute atomic E-state index is 0.615. The molecule has 102 valence electrons. The minimum Gasteiger partial charge on any atom is -0.384 e. The zero-order valence-electron chi connectivity index (χ0n) is 12.0. The molecule has 0 bridgehead atoms. The van der Waals surface area contributed by atoms with Crippen LogP contribution in [0.2, 0.25) is 0 Å². The number of methoxy groups -OCH3 is 1. The second kappa shape index (κ2) is 9.42. The molecule has 1 heterocycles. The Balaban J connectivity index is 0.000000366. The van der Waals surface area contributed by atoms with Crippen molar-refractivity contribution >= 4 is 6.41 Å². The van der Waals surface area contributed by atoms with E-state index in [1.165, 1.54) is 0 Å². The van der Waals surface area contributed by atoms with Crippen LogP contribution in [0.4, 0.5) is 0 Å². The molecule has 1 aliphatic rings. The number of carbonyl (C=O) groups excluding carboxylic acids is 1. The van der Waals surface area contributed by atoms with Crippen LogP contribution in [0.15, 0.2) is 0 Å². The lowest BCUT2D eigenvalue weighted by atomic mass is 10.2. The third-order valence-corrected chi connectivity index (χ3v) is 2.73. The topological polar surface area (TPSA) is 32.8 Å². The average Bonchev–Trinajstić information content (AvgIpc) is 2.29. The van der Waals surface area contributed by atoms with Gasteiger partial charge in [0.05, 0.1) is 0 Å². The van der Waals surface area contributed by atoms with Crippen LogP contribution in [0, 0.1) is 5.92 Å². The fourth-order valence-electron chi connectivity index (χ4n) is 1.69. The predicted octanol–water partition coefficient (Wildman–Crippen LogP) is 1.46. The van der Waals surface area contributed by atoms with Crippen LogP contribution in [0.5, 0.6) is 0 Å². The Bertz CT molecular complexity index is 188. The molecule has 0 spiro atoms. The Labute approximate surface area is 106 Å². The summed E-state index contributed by atoms with van der Waals surface area (Å²) < 4.78 is 4.80. The predicted molar refractivity (Wildman–Crippen MR) is 71.1 cm³/mol. The molecule has 1 saturated heterocycles. The van der Waals surface area contributed by atoms with Crippen molar-refractivity contribution in [3.05, 3.63) is 0 Å². The largest absolute Gasteiger partial charge is 0.384 e. The molecule has 1 rings (SSSR count). The molecule has 0 aromatic rings. The molecule has 1 amide bonds. The molecule has 0 radical (unpaired) electrons. The Morgan fingerprint density at radius 1 is 1.12 bits per heavy atom. The van der Waals surface area contributed by atoms with Gasteiger partial charge in [-0.3, -0.25) is 9.69 Å². The van der Waals surface area contributed by atoms with E-state index >= 15 is 0 Å². The van der Waals surface area contributed by atoms with Crippen molar-refractivity contribution in [2.24, 2.45) is 5.92 Å². The summed E-state index contributed by atoms with van der Waals surface area (Å²) in [6.07, 6.45) is 0.942. The Hall–Kier alpha value is -0.610. The van der Waals surface area contributed by atoms with Gasteiger partial charge >= 0.3 is 0 Å².